The Balaban J connectivity index is 2.22. The molecule has 0 saturated heterocycles. The molecule has 0 aliphatic heterocycles. The van der Waals surface area contributed by atoms with E-state index in [1.54, 1.807) is 6.07 Å². The Morgan fingerprint density at radius 2 is 2.24 bits per heavy atom. The van der Waals surface area contributed by atoms with Gasteiger partial charge >= 0.3 is 0 Å². The minimum atomic E-state index is -3.51. The van der Waals surface area contributed by atoms with Crippen molar-refractivity contribution in [3.05, 3.63) is 16.5 Å². The SMILES string of the molecule is CC(CN)(NS(=O)(=O)c1ccc(Cl)s1)C1CC1. The normalized spacial score (nSPS) is 20.2. The molecule has 1 saturated carbocycles. The molecular weight excluding hydrogens is 280 g/mol. The summed E-state index contributed by atoms with van der Waals surface area (Å²) in [6, 6.07) is 3.09. The average Bonchev–Trinajstić information content (AvgIpc) is 3.01. The molecule has 3 N–H and O–H groups in total. The van der Waals surface area contributed by atoms with Gasteiger partial charge in [0.25, 0.3) is 10.0 Å². The minimum absolute atomic E-state index is 0.239. The van der Waals surface area contributed by atoms with Gasteiger partial charge in [-0.2, -0.15) is 0 Å². The first-order valence-electron chi connectivity index (χ1n) is 5.37. The van der Waals surface area contributed by atoms with Crippen LogP contribution in [0.3, 0.4) is 0 Å². The van der Waals surface area contributed by atoms with E-state index in [1.165, 1.54) is 6.07 Å². The summed E-state index contributed by atoms with van der Waals surface area (Å²) in [7, 11) is -3.51. The number of hydrogen-bond acceptors (Lipinski definition) is 4. The van der Waals surface area contributed by atoms with Gasteiger partial charge in [-0.05, 0) is 37.8 Å². The Morgan fingerprint density at radius 3 is 2.65 bits per heavy atom. The van der Waals surface area contributed by atoms with Crippen molar-refractivity contribution in [2.24, 2.45) is 11.7 Å². The summed E-state index contributed by atoms with van der Waals surface area (Å²) in [5.41, 5.74) is 5.14. The van der Waals surface area contributed by atoms with Gasteiger partial charge in [-0.1, -0.05) is 11.6 Å². The van der Waals surface area contributed by atoms with Gasteiger partial charge in [0, 0.05) is 12.1 Å². The van der Waals surface area contributed by atoms with Gasteiger partial charge in [0.2, 0.25) is 0 Å². The number of halogens is 1. The Hall–Kier alpha value is -0.140. The van der Waals surface area contributed by atoms with Crippen LogP contribution in [0.5, 0.6) is 0 Å². The fraction of sp³-hybridized carbons (Fsp3) is 0.600. The van der Waals surface area contributed by atoms with Gasteiger partial charge < -0.3 is 5.73 Å². The lowest BCUT2D eigenvalue weighted by Crippen LogP contribution is -2.52. The minimum Gasteiger partial charge on any atom is -0.329 e. The molecule has 0 amide bonds. The van der Waals surface area contributed by atoms with Gasteiger partial charge in [-0.15, -0.1) is 11.3 Å². The number of sulfonamides is 1. The maximum Gasteiger partial charge on any atom is 0.250 e. The molecule has 7 heteroatoms. The first kappa shape index (κ1) is 13.3. The van der Waals surface area contributed by atoms with E-state index in [2.05, 4.69) is 4.72 Å². The molecule has 1 aliphatic rings. The molecule has 1 heterocycles. The molecule has 2 rings (SSSR count). The molecule has 1 atom stereocenters. The molecule has 1 unspecified atom stereocenters. The number of rotatable bonds is 5. The fourth-order valence-electron chi connectivity index (χ4n) is 1.81. The Bertz CT molecular complexity index is 510. The lowest BCUT2D eigenvalue weighted by atomic mass is 9.98. The Kier molecular flexibility index (Phi) is 3.53. The number of nitrogens with two attached hydrogens (primary N) is 1. The van der Waals surface area contributed by atoms with Crippen molar-refractivity contribution in [1.82, 2.24) is 4.72 Å². The van der Waals surface area contributed by atoms with Crippen molar-refractivity contribution in [1.29, 1.82) is 0 Å². The summed E-state index contributed by atoms with van der Waals surface area (Å²) >= 11 is 6.80. The van der Waals surface area contributed by atoms with Crippen LogP contribution in [0.1, 0.15) is 19.8 Å². The van der Waals surface area contributed by atoms with Crippen LogP contribution in [0.4, 0.5) is 0 Å². The third-order valence-electron chi connectivity index (χ3n) is 3.08. The van der Waals surface area contributed by atoms with E-state index < -0.39 is 15.6 Å². The molecule has 1 fully saturated rings. The molecule has 17 heavy (non-hydrogen) atoms. The highest BCUT2D eigenvalue weighted by Gasteiger charge is 2.43. The second kappa shape index (κ2) is 4.51. The summed E-state index contributed by atoms with van der Waals surface area (Å²) < 4.78 is 27.7. The lowest BCUT2D eigenvalue weighted by Gasteiger charge is -2.28. The summed E-state index contributed by atoms with van der Waals surface area (Å²) in [5.74, 6) is 0.345. The highest BCUT2D eigenvalue weighted by molar-refractivity contribution is 7.91. The molecule has 1 aromatic rings. The molecule has 96 valence electrons. The predicted molar refractivity (Wildman–Crippen MR) is 69.8 cm³/mol. The largest absolute Gasteiger partial charge is 0.329 e. The summed E-state index contributed by atoms with van der Waals surface area (Å²) in [6.07, 6.45) is 2.06. The zero-order valence-corrected chi connectivity index (χ0v) is 11.8. The van der Waals surface area contributed by atoms with E-state index in [1.807, 2.05) is 6.92 Å². The van der Waals surface area contributed by atoms with Crippen molar-refractivity contribution in [3.63, 3.8) is 0 Å². The van der Waals surface area contributed by atoms with Crippen LogP contribution in [-0.4, -0.2) is 20.5 Å². The molecule has 0 aromatic carbocycles. The van der Waals surface area contributed by atoms with E-state index in [4.69, 9.17) is 17.3 Å². The van der Waals surface area contributed by atoms with Crippen LogP contribution in [0.2, 0.25) is 4.34 Å². The second-order valence-electron chi connectivity index (χ2n) is 4.56. The van der Waals surface area contributed by atoms with E-state index in [9.17, 15) is 8.42 Å². The fourth-order valence-corrected chi connectivity index (χ4v) is 4.77. The van der Waals surface area contributed by atoms with E-state index in [0.717, 1.165) is 24.2 Å². The highest BCUT2D eigenvalue weighted by atomic mass is 35.5. The highest BCUT2D eigenvalue weighted by Crippen LogP contribution is 2.40. The topological polar surface area (TPSA) is 72.2 Å². The molecule has 0 bridgehead atoms. The van der Waals surface area contributed by atoms with Gasteiger partial charge in [0.05, 0.1) is 4.34 Å². The van der Waals surface area contributed by atoms with Crippen molar-refractivity contribution in [2.75, 3.05) is 6.54 Å². The van der Waals surface area contributed by atoms with Gasteiger partial charge in [0.15, 0.2) is 0 Å². The van der Waals surface area contributed by atoms with Crippen molar-refractivity contribution < 1.29 is 8.42 Å². The maximum atomic E-state index is 12.1. The standard InChI is InChI=1S/C10H15ClN2O2S2/c1-10(6-12,7-2-3-7)13-17(14,15)9-5-4-8(11)16-9/h4-5,7,13H,2-3,6,12H2,1H3. The number of thiophene rings is 1. The molecular formula is C10H15ClN2O2S2. The molecule has 0 spiro atoms. The van der Waals surface area contributed by atoms with Crippen LogP contribution in [0, 0.1) is 5.92 Å². The molecule has 1 aliphatic carbocycles. The van der Waals surface area contributed by atoms with Crippen LogP contribution < -0.4 is 10.5 Å². The predicted octanol–water partition coefficient (Wildman–Crippen LogP) is 1.81. The monoisotopic (exact) mass is 294 g/mol. The quantitative estimate of drug-likeness (QED) is 0.870. The van der Waals surface area contributed by atoms with Crippen molar-refractivity contribution in [3.8, 4) is 0 Å². The first-order valence-corrected chi connectivity index (χ1v) is 8.04. The van der Waals surface area contributed by atoms with Crippen LogP contribution in [0.25, 0.3) is 0 Å². The third-order valence-corrected chi connectivity index (χ3v) is 6.42. The van der Waals surface area contributed by atoms with Crippen LogP contribution in [-0.2, 0) is 10.0 Å². The Labute approximate surface area is 110 Å². The molecule has 1 aromatic heterocycles. The van der Waals surface area contributed by atoms with Crippen molar-refractivity contribution >= 4 is 33.0 Å². The lowest BCUT2D eigenvalue weighted by molar-refractivity contribution is 0.374. The van der Waals surface area contributed by atoms with E-state index in [-0.39, 0.29) is 4.21 Å². The van der Waals surface area contributed by atoms with Crippen LogP contribution >= 0.6 is 22.9 Å². The first-order chi connectivity index (χ1) is 7.87. The Morgan fingerprint density at radius 1 is 1.59 bits per heavy atom. The molecule has 0 radical (unpaired) electrons. The maximum absolute atomic E-state index is 12.1. The smallest absolute Gasteiger partial charge is 0.250 e. The summed E-state index contributed by atoms with van der Waals surface area (Å²) in [6.45, 7) is 2.16. The zero-order valence-electron chi connectivity index (χ0n) is 9.44. The van der Waals surface area contributed by atoms with Crippen LogP contribution in [0.15, 0.2) is 16.3 Å². The van der Waals surface area contributed by atoms with Gasteiger partial charge in [0.1, 0.15) is 4.21 Å². The third kappa shape index (κ3) is 2.82. The number of nitrogens with one attached hydrogen (secondary N) is 1. The van der Waals surface area contributed by atoms with Gasteiger partial charge in [-0.25, -0.2) is 13.1 Å². The summed E-state index contributed by atoms with van der Waals surface area (Å²) in [5, 5.41) is 0. The van der Waals surface area contributed by atoms with E-state index >= 15 is 0 Å². The average molecular weight is 295 g/mol. The molecule has 4 nitrogen and oxygen atoms in total. The van der Waals surface area contributed by atoms with Gasteiger partial charge in [-0.3, -0.25) is 0 Å². The number of hydrogen-bond donors (Lipinski definition) is 2. The van der Waals surface area contributed by atoms with E-state index in [0.29, 0.717) is 16.8 Å². The summed E-state index contributed by atoms with van der Waals surface area (Å²) in [4.78, 5) is 0. The second-order valence-corrected chi connectivity index (χ2v) is 8.18. The zero-order chi connectivity index (χ0) is 12.7. The van der Waals surface area contributed by atoms with Crippen molar-refractivity contribution in [2.45, 2.75) is 29.5 Å².